The van der Waals surface area contributed by atoms with E-state index in [2.05, 4.69) is 10.3 Å². The first-order chi connectivity index (χ1) is 7.22. The number of aliphatic hydroxyl groups is 1. The van der Waals surface area contributed by atoms with Gasteiger partial charge in [0.2, 0.25) is 0 Å². The fraction of sp³-hybridized carbons (Fsp3) is 0.700. The van der Waals surface area contributed by atoms with Crippen LogP contribution < -0.4 is 0 Å². The van der Waals surface area contributed by atoms with Crippen molar-refractivity contribution in [1.29, 1.82) is 0 Å². The molecule has 82 valence electrons. The minimum atomic E-state index is -0.661. The molecule has 0 unspecified atom stereocenters. The summed E-state index contributed by atoms with van der Waals surface area (Å²) in [7, 11) is 0. The van der Waals surface area contributed by atoms with E-state index >= 15 is 0 Å². The second-order valence-electron chi connectivity index (χ2n) is 4.24. The maximum atomic E-state index is 10.4. The number of aldehydes is 1. The van der Waals surface area contributed by atoms with Gasteiger partial charge in [-0.1, -0.05) is 24.5 Å². The van der Waals surface area contributed by atoms with E-state index in [4.69, 9.17) is 0 Å². The van der Waals surface area contributed by atoms with Crippen LogP contribution in [0.1, 0.15) is 42.6 Å². The molecule has 5 heteroatoms. The highest BCUT2D eigenvalue weighted by molar-refractivity contribution is 5.70. The zero-order valence-electron chi connectivity index (χ0n) is 8.59. The van der Waals surface area contributed by atoms with Gasteiger partial charge in [-0.2, -0.15) is 0 Å². The second-order valence-corrected chi connectivity index (χ2v) is 4.24. The van der Waals surface area contributed by atoms with Gasteiger partial charge in [0.1, 0.15) is 5.69 Å². The van der Waals surface area contributed by atoms with Crippen LogP contribution in [-0.4, -0.2) is 32.0 Å². The number of hydrogen-bond donors (Lipinski definition) is 1. The van der Waals surface area contributed by atoms with Gasteiger partial charge in [-0.3, -0.25) is 4.79 Å². The van der Waals surface area contributed by atoms with Crippen LogP contribution in [0.4, 0.5) is 0 Å². The molecule has 1 fully saturated rings. The van der Waals surface area contributed by atoms with E-state index in [1.54, 1.807) is 10.9 Å². The van der Waals surface area contributed by atoms with Crippen molar-refractivity contribution < 1.29 is 9.90 Å². The molecular weight excluding hydrogens is 194 g/mol. The lowest BCUT2D eigenvalue weighted by molar-refractivity contribution is -0.0146. The lowest BCUT2D eigenvalue weighted by Crippen LogP contribution is -2.36. The highest BCUT2D eigenvalue weighted by Gasteiger charge is 2.29. The average molecular weight is 209 g/mol. The predicted octanol–water partition coefficient (Wildman–Crippen LogP) is 0.786. The number of carbonyl (C=O) groups is 1. The second kappa shape index (κ2) is 4.10. The van der Waals surface area contributed by atoms with E-state index in [1.165, 1.54) is 6.42 Å². The van der Waals surface area contributed by atoms with E-state index in [0.29, 0.717) is 18.5 Å². The number of hydrogen-bond acceptors (Lipinski definition) is 4. The summed E-state index contributed by atoms with van der Waals surface area (Å²) in [5.74, 6) is 0. The van der Waals surface area contributed by atoms with Crippen molar-refractivity contribution in [2.24, 2.45) is 0 Å². The van der Waals surface area contributed by atoms with Gasteiger partial charge in [0, 0.05) is 0 Å². The summed E-state index contributed by atoms with van der Waals surface area (Å²) < 4.78 is 1.55. The lowest BCUT2D eigenvalue weighted by atomic mass is 9.85. The summed E-state index contributed by atoms with van der Waals surface area (Å²) in [5, 5.41) is 17.7. The van der Waals surface area contributed by atoms with E-state index in [-0.39, 0.29) is 0 Å². The third-order valence-electron chi connectivity index (χ3n) is 2.92. The monoisotopic (exact) mass is 209 g/mol. The zero-order chi connectivity index (χ0) is 10.7. The third-order valence-corrected chi connectivity index (χ3v) is 2.92. The fourth-order valence-corrected chi connectivity index (χ4v) is 2.11. The largest absolute Gasteiger partial charge is 0.388 e. The van der Waals surface area contributed by atoms with Gasteiger partial charge in [-0.05, 0) is 12.8 Å². The molecule has 5 nitrogen and oxygen atoms in total. The Kier molecular flexibility index (Phi) is 2.81. The SMILES string of the molecule is O=Cc1cn(CC2(O)CCCCC2)nn1. The lowest BCUT2D eigenvalue weighted by Gasteiger charge is -2.31. The summed E-state index contributed by atoms with van der Waals surface area (Å²) in [6, 6.07) is 0. The molecule has 1 saturated carbocycles. The van der Waals surface area contributed by atoms with Crippen LogP contribution in [0.2, 0.25) is 0 Å². The Labute approximate surface area is 88.1 Å². The maximum absolute atomic E-state index is 10.4. The van der Waals surface area contributed by atoms with Crippen LogP contribution >= 0.6 is 0 Å². The number of rotatable bonds is 3. The van der Waals surface area contributed by atoms with Crippen LogP contribution in [0.25, 0.3) is 0 Å². The van der Waals surface area contributed by atoms with Gasteiger partial charge in [0.05, 0.1) is 18.3 Å². The third kappa shape index (κ3) is 2.41. The predicted molar refractivity (Wildman–Crippen MR) is 53.4 cm³/mol. The Hall–Kier alpha value is -1.23. The molecule has 1 heterocycles. The molecule has 0 spiro atoms. The van der Waals surface area contributed by atoms with Crippen LogP contribution in [0.15, 0.2) is 6.20 Å². The van der Waals surface area contributed by atoms with E-state index in [9.17, 15) is 9.90 Å². The van der Waals surface area contributed by atoms with Crippen molar-refractivity contribution in [3.8, 4) is 0 Å². The van der Waals surface area contributed by atoms with Crippen molar-refractivity contribution in [3.63, 3.8) is 0 Å². The molecule has 0 atom stereocenters. The Morgan fingerprint density at radius 3 is 2.80 bits per heavy atom. The molecule has 2 rings (SSSR count). The standard InChI is InChI=1S/C10H15N3O2/c14-7-9-6-13(12-11-9)8-10(15)4-2-1-3-5-10/h6-7,15H,1-5,8H2. The molecular formula is C10H15N3O2. The molecule has 0 aromatic carbocycles. The molecule has 1 aromatic rings. The minimum absolute atomic E-state index is 0.314. The van der Waals surface area contributed by atoms with Gasteiger partial charge in [-0.25, -0.2) is 4.68 Å². The Balaban J connectivity index is 2.03. The number of carbonyl (C=O) groups excluding carboxylic acids is 1. The Morgan fingerprint density at radius 2 is 2.20 bits per heavy atom. The smallest absolute Gasteiger partial charge is 0.171 e. The molecule has 1 aliphatic carbocycles. The van der Waals surface area contributed by atoms with Crippen LogP contribution in [0, 0.1) is 0 Å². The number of nitrogens with zero attached hydrogens (tertiary/aromatic N) is 3. The molecule has 0 bridgehead atoms. The first kappa shape index (κ1) is 10.3. The highest BCUT2D eigenvalue weighted by atomic mass is 16.3. The van der Waals surface area contributed by atoms with Crippen LogP contribution in [0.3, 0.4) is 0 Å². The fourth-order valence-electron chi connectivity index (χ4n) is 2.11. The van der Waals surface area contributed by atoms with E-state index in [0.717, 1.165) is 25.7 Å². The molecule has 1 N–H and O–H groups in total. The van der Waals surface area contributed by atoms with Gasteiger partial charge in [-0.15, -0.1) is 5.10 Å². The molecule has 0 saturated heterocycles. The van der Waals surface area contributed by atoms with Gasteiger partial charge in [0.15, 0.2) is 6.29 Å². The topological polar surface area (TPSA) is 68.0 Å². The molecule has 1 aromatic heterocycles. The number of aromatic nitrogens is 3. The summed E-state index contributed by atoms with van der Waals surface area (Å²) in [5.41, 5.74) is -0.346. The van der Waals surface area contributed by atoms with Gasteiger partial charge >= 0.3 is 0 Å². The molecule has 0 aliphatic heterocycles. The first-order valence-electron chi connectivity index (χ1n) is 5.30. The average Bonchev–Trinajstić information content (AvgIpc) is 2.66. The molecule has 15 heavy (non-hydrogen) atoms. The maximum Gasteiger partial charge on any atom is 0.171 e. The van der Waals surface area contributed by atoms with Crippen molar-refractivity contribution in [1.82, 2.24) is 15.0 Å². The zero-order valence-corrected chi connectivity index (χ0v) is 8.59. The van der Waals surface area contributed by atoms with Crippen molar-refractivity contribution in [2.75, 3.05) is 0 Å². The molecule has 0 radical (unpaired) electrons. The summed E-state index contributed by atoms with van der Waals surface area (Å²) >= 11 is 0. The van der Waals surface area contributed by atoms with Gasteiger partial charge in [0.25, 0.3) is 0 Å². The molecule has 0 amide bonds. The minimum Gasteiger partial charge on any atom is -0.388 e. The normalized spacial score (nSPS) is 20.1. The van der Waals surface area contributed by atoms with Gasteiger partial charge < -0.3 is 5.11 Å². The van der Waals surface area contributed by atoms with E-state index < -0.39 is 5.60 Å². The summed E-state index contributed by atoms with van der Waals surface area (Å²) in [6.45, 7) is 0.438. The quantitative estimate of drug-likeness (QED) is 0.747. The van der Waals surface area contributed by atoms with Crippen molar-refractivity contribution >= 4 is 6.29 Å². The van der Waals surface area contributed by atoms with E-state index in [1.807, 2.05) is 0 Å². The highest BCUT2D eigenvalue weighted by Crippen LogP contribution is 2.29. The summed E-state index contributed by atoms with van der Waals surface area (Å²) in [4.78, 5) is 10.4. The van der Waals surface area contributed by atoms with Crippen molar-refractivity contribution in [2.45, 2.75) is 44.2 Å². The summed E-state index contributed by atoms with van der Waals surface area (Å²) in [6.07, 6.45) is 7.16. The van der Waals surface area contributed by atoms with Crippen LogP contribution in [0.5, 0.6) is 0 Å². The Bertz CT molecular complexity index is 342. The first-order valence-corrected chi connectivity index (χ1v) is 5.30. The molecule has 1 aliphatic rings. The van der Waals surface area contributed by atoms with Crippen LogP contribution in [-0.2, 0) is 6.54 Å². The van der Waals surface area contributed by atoms with Crippen molar-refractivity contribution in [3.05, 3.63) is 11.9 Å². The Morgan fingerprint density at radius 1 is 1.47 bits per heavy atom.